The summed E-state index contributed by atoms with van der Waals surface area (Å²) in [5, 5.41) is 2.77. The molecule has 2 heterocycles. The Kier molecular flexibility index (Phi) is 5.57. The molecule has 3 aromatic rings. The van der Waals surface area contributed by atoms with Crippen LogP contribution in [0, 0.1) is 5.82 Å². The van der Waals surface area contributed by atoms with Crippen LogP contribution in [0.5, 0.6) is 11.5 Å². The summed E-state index contributed by atoms with van der Waals surface area (Å²) in [6.07, 6.45) is -0.380. The SMILES string of the molecule is COc1cccc(-c2ccc3c(c2)O[C@H]2CN(C(=O)Nc4ccc(F)cc4)C[C@H]2N(C)C3=O)c1. The number of carbonyl (C=O) groups is 2. The highest BCUT2D eigenvalue weighted by atomic mass is 19.1. The average Bonchev–Trinajstić information content (AvgIpc) is 3.25. The third kappa shape index (κ3) is 4.03. The van der Waals surface area contributed by atoms with Crippen LogP contribution in [0.2, 0.25) is 0 Å². The van der Waals surface area contributed by atoms with E-state index in [4.69, 9.17) is 9.47 Å². The first kappa shape index (κ1) is 21.8. The van der Waals surface area contributed by atoms with Crippen molar-refractivity contribution < 1.29 is 23.5 Å². The third-order valence-electron chi connectivity index (χ3n) is 6.33. The summed E-state index contributed by atoms with van der Waals surface area (Å²) in [6.45, 7) is 0.648. The predicted molar refractivity (Wildman–Crippen MR) is 126 cm³/mol. The number of ether oxygens (including phenoxy) is 2. The molecule has 5 rings (SSSR count). The number of likely N-dealkylation sites (tertiary alicyclic amines) is 1. The molecule has 0 bridgehead atoms. The number of nitrogens with one attached hydrogen (secondary N) is 1. The molecule has 0 unspecified atom stereocenters. The van der Waals surface area contributed by atoms with E-state index in [-0.39, 0.29) is 29.9 Å². The second kappa shape index (κ2) is 8.70. The molecular weight excluding hydrogens is 437 g/mol. The second-order valence-corrected chi connectivity index (χ2v) is 8.42. The molecule has 1 fully saturated rings. The van der Waals surface area contributed by atoms with Crippen molar-refractivity contribution in [2.24, 2.45) is 0 Å². The molecule has 2 aliphatic rings. The lowest BCUT2D eigenvalue weighted by Gasteiger charge is -2.25. The quantitative estimate of drug-likeness (QED) is 0.633. The lowest BCUT2D eigenvalue weighted by Crippen LogP contribution is -2.44. The maximum atomic E-state index is 13.2. The van der Waals surface area contributed by atoms with Gasteiger partial charge in [0.25, 0.3) is 5.91 Å². The first-order chi connectivity index (χ1) is 16.4. The van der Waals surface area contributed by atoms with Crippen molar-refractivity contribution in [1.29, 1.82) is 0 Å². The van der Waals surface area contributed by atoms with Crippen LogP contribution >= 0.6 is 0 Å². The van der Waals surface area contributed by atoms with E-state index in [2.05, 4.69) is 5.32 Å². The topological polar surface area (TPSA) is 71.1 Å². The molecule has 34 heavy (non-hydrogen) atoms. The molecule has 0 aliphatic carbocycles. The van der Waals surface area contributed by atoms with Gasteiger partial charge in [-0.1, -0.05) is 18.2 Å². The molecule has 7 nitrogen and oxygen atoms in total. The molecule has 1 saturated heterocycles. The van der Waals surface area contributed by atoms with Crippen molar-refractivity contribution in [1.82, 2.24) is 9.80 Å². The summed E-state index contributed by atoms with van der Waals surface area (Å²) in [5.41, 5.74) is 2.83. The lowest BCUT2D eigenvalue weighted by atomic mass is 10.0. The summed E-state index contributed by atoms with van der Waals surface area (Å²) in [7, 11) is 3.35. The van der Waals surface area contributed by atoms with Crippen LogP contribution in [0.15, 0.2) is 66.7 Å². The number of halogens is 1. The van der Waals surface area contributed by atoms with E-state index in [9.17, 15) is 14.0 Å². The van der Waals surface area contributed by atoms with Crippen LogP contribution in [0.1, 0.15) is 10.4 Å². The van der Waals surface area contributed by atoms with Gasteiger partial charge in [-0.2, -0.15) is 0 Å². The van der Waals surface area contributed by atoms with Gasteiger partial charge in [0.1, 0.15) is 23.4 Å². The van der Waals surface area contributed by atoms with Gasteiger partial charge in [-0.25, -0.2) is 9.18 Å². The van der Waals surface area contributed by atoms with Crippen molar-refractivity contribution >= 4 is 17.6 Å². The van der Waals surface area contributed by atoms with Gasteiger partial charge in [0.15, 0.2) is 0 Å². The molecule has 0 saturated carbocycles. The summed E-state index contributed by atoms with van der Waals surface area (Å²) < 4.78 is 24.8. The van der Waals surface area contributed by atoms with Crippen molar-refractivity contribution in [2.75, 3.05) is 32.6 Å². The molecule has 1 N–H and O–H groups in total. The summed E-state index contributed by atoms with van der Waals surface area (Å²) in [5.74, 6) is 0.704. The number of hydrogen-bond acceptors (Lipinski definition) is 4. The van der Waals surface area contributed by atoms with E-state index in [1.54, 1.807) is 30.0 Å². The van der Waals surface area contributed by atoms with Gasteiger partial charge in [0, 0.05) is 19.3 Å². The molecule has 2 aliphatic heterocycles. The Bertz CT molecular complexity index is 1250. The number of nitrogens with zero attached hydrogens (tertiary/aromatic N) is 2. The first-order valence-electron chi connectivity index (χ1n) is 11.0. The third-order valence-corrected chi connectivity index (χ3v) is 6.33. The van der Waals surface area contributed by atoms with Crippen LogP contribution in [-0.2, 0) is 0 Å². The first-order valence-corrected chi connectivity index (χ1v) is 11.0. The minimum Gasteiger partial charge on any atom is -0.497 e. The number of anilines is 1. The molecule has 0 spiro atoms. The number of rotatable bonds is 3. The molecule has 174 valence electrons. The molecule has 0 aromatic heterocycles. The normalized spacial score (nSPS) is 19.1. The Morgan fingerprint density at radius 1 is 1.06 bits per heavy atom. The Hall–Kier alpha value is -4.07. The highest BCUT2D eigenvalue weighted by Gasteiger charge is 2.43. The van der Waals surface area contributed by atoms with E-state index in [1.165, 1.54) is 24.3 Å². The number of hydrogen-bond donors (Lipinski definition) is 1. The second-order valence-electron chi connectivity index (χ2n) is 8.42. The molecule has 3 aromatic carbocycles. The predicted octanol–water partition coefficient (Wildman–Crippen LogP) is 4.25. The van der Waals surface area contributed by atoms with Crippen LogP contribution in [0.4, 0.5) is 14.9 Å². The standard InChI is InChI=1S/C26H24FN3O4/c1-29-22-14-30(26(32)28-19-9-7-18(27)8-10-19)15-24(22)34-23-13-17(6-11-21(23)25(29)31)16-4-3-5-20(12-16)33-2/h3-13,22,24H,14-15H2,1-2H3,(H,28,32)/t22-,24+/m1/s1. The Morgan fingerprint density at radius 2 is 1.82 bits per heavy atom. The van der Waals surface area contributed by atoms with Gasteiger partial charge in [-0.05, 0) is 59.7 Å². The van der Waals surface area contributed by atoms with E-state index in [1.807, 2.05) is 36.4 Å². The average molecular weight is 461 g/mol. The maximum Gasteiger partial charge on any atom is 0.322 e. The number of carbonyl (C=O) groups excluding carboxylic acids is 2. The molecular formula is C26H24FN3O4. The Balaban J connectivity index is 1.38. The molecule has 8 heteroatoms. The van der Waals surface area contributed by atoms with Crippen LogP contribution in [0.3, 0.4) is 0 Å². The minimum absolute atomic E-state index is 0.152. The van der Waals surface area contributed by atoms with Crippen molar-refractivity contribution in [3.63, 3.8) is 0 Å². The molecule has 0 radical (unpaired) electrons. The van der Waals surface area contributed by atoms with Gasteiger partial charge in [0.2, 0.25) is 0 Å². The highest BCUT2D eigenvalue weighted by Crippen LogP contribution is 2.35. The van der Waals surface area contributed by atoms with Gasteiger partial charge in [-0.3, -0.25) is 4.79 Å². The number of amides is 3. The summed E-state index contributed by atoms with van der Waals surface area (Å²) in [4.78, 5) is 29.3. The van der Waals surface area contributed by atoms with Crippen molar-refractivity contribution in [3.8, 4) is 22.6 Å². The largest absolute Gasteiger partial charge is 0.497 e. The monoisotopic (exact) mass is 461 g/mol. The zero-order valence-corrected chi connectivity index (χ0v) is 18.8. The van der Waals surface area contributed by atoms with Gasteiger partial charge >= 0.3 is 6.03 Å². The van der Waals surface area contributed by atoms with Crippen molar-refractivity contribution in [2.45, 2.75) is 12.1 Å². The van der Waals surface area contributed by atoms with E-state index < -0.39 is 0 Å². The number of fused-ring (bicyclic) bond motifs is 2. The Morgan fingerprint density at radius 3 is 2.59 bits per heavy atom. The van der Waals surface area contributed by atoms with Crippen LogP contribution in [0.25, 0.3) is 11.1 Å². The summed E-state index contributed by atoms with van der Waals surface area (Å²) in [6, 6.07) is 18.2. The van der Waals surface area contributed by atoms with Gasteiger partial charge < -0.3 is 24.6 Å². The minimum atomic E-state index is -0.380. The maximum absolute atomic E-state index is 13.2. The van der Waals surface area contributed by atoms with E-state index in [0.29, 0.717) is 30.1 Å². The van der Waals surface area contributed by atoms with Gasteiger partial charge in [-0.15, -0.1) is 0 Å². The number of urea groups is 1. The smallest absolute Gasteiger partial charge is 0.322 e. The van der Waals surface area contributed by atoms with Gasteiger partial charge in [0.05, 0.1) is 25.3 Å². The van der Waals surface area contributed by atoms with Crippen LogP contribution < -0.4 is 14.8 Å². The van der Waals surface area contributed by atoms with Crippen LogP contribution in [-0.4, -0.2) is 61.1 Å². The van der Waals surface area contributed by atoms with Crippen molar-refractivity contribution in [3.05, 3.63) is 78.1 Å². The zero-order chi connectivity index (χ0) is 23.8. The van der Waals surface area contributed by atoms with E-state index in [0.717, 1.165) is 16.9 Å². The number of likely N-dealkylation sites (N-methyl/N-ethyl adjacent to an activating group) is 1. The number of benzene rings is 3. The fraction of sp³-hybridized carbons (Fsp3) is 0.231. The lowest BCUT2D eigenvalue weighted by molar-refractivity contribution is 0.0682. The van der Waals surface area contributed by atoms with E-state index >= 15 is 0 Å². The molecule has 3 amide bonds. The highest BCUT2D eigenvalue weighted by molar-refractivity contribution is 5.98. The fourth-order valence-electron chi connectivity index (χ4n) is 4.43. The zero-order valence-electron chi connectivity index (χ0n) is 18.8. The molecule has 2 atom stereocenters. The Labute approximate surface area is 196 Å². The number of methoxy groups -OCH3 is 1. The summed E-state index contributed by atoms with van der Waals surface area (Å²) >= 11 is 0. The fourth-order valence-corrected chi connectivity index (χ4v) is 4.43.